The van der Waals surface area contributed by atoms with Crippen molar-refractivity contribution in [2.75, 3.05) is 27.4 Å². The third kappa shape index (κ3) is 4.45. The van der Waals surface area contributed by atoms with Gasteiger partial charge in [0.05, 0.1) is 27.4 Å². The van der Waals surface area contributed by atoms with Crippen LogP contribution in [0.1, 0.15) is 45.6 Å². The number of benzene rings is 4. The molecule has 0 aromatic heterocycles. The number of aromatic hydroxyl groups is 4. The van der Waals surface area contributed by atoms with Gasteiger partial charge in [-0.05, 0) is 41.8 Å². The first-order chi connectivity index (χ1) is 19.4. The summed E-state index contributed by atoms with van der Waals surface area (Å²) in [5.74, 6) is 1.73. The lowest BCUT2D eigenvalue weighted by Gasteiger charge is -2.38. The van der Waals surface area contributed by atoms with Crippen LogP contribution >= 0.6 is 0 Å². The Morgan fingerprint density at radius 2 is 1.40 bits per heavy atom. The first-order valence-electron chi connectivity index (χ1n) is 13.0. The van der Waals surface area contributed by atoms with E-state index in [1.807, 2.05) is 18.2 Å². The van der Waals surface area contributed by atoms with Crippen molar-refractivity contribution in [2.45, 2.75) is 24.2 Å². The largest absolute Gasteiger partial charge is 0.508 e. The summed E-state index contributed by atoms with van der Waals surface area (Å²) in [6.07, 6.45) is 0.624. The van der Waals surface area contributed by atoms with Crippen molar-refractivity contribution < 1.29 is 39.4 Å². The molecule has 3 atom stereocenters. The third-order valence-electron chi connectivity index (χ3n) is 7.88. The SMILES string of the molecule is COc1ccc([C@@H]2COc3cc(O)ccc3[C@H]2c2c(OC)cc(O)cc2[C@@H]2COc3cc(O)ccc3C2)c(O)c1. The van der Waals surface area contributed by atoms with Gasteiger partial charge in [0, 0.05) is 58.7 Å². The molecule has 0 saturated heterocycles. The second-order valence-electron chi connectivity index (χ2n) is 10.2. The Labute approximate surface area is 231 Å². The first-order valence-corrected chi connectivity index (χ1v) is 13.0. The molecule has 8 heteroatoms. The standard InChI is InChI=1S/C32H30O8/c1-37-22-6-8-23(27(36)14-22)26-16-40-29-12-20(34)5-7-24(29)31(26)32-25(10-21(35)13-30(32)38-2)18-9-17-3-4-19(33)11-28(17)39-15-18/h3-8,10-14,18,26,31,33-36H,9,15-16H2,1-2H3/t18-,26-,31+/m0/s1. The first kappa shape index (κ1) is 25.6. The Morgan fingerprint density at radius 1 is 0.675 bits per heavy atom. The fourth-order valence-corrected chi connectivity index (χ4v) is 6.02. The lowest BCUT2D eigenvalue weighted by Crippen LogP contribution is -2.28. The summed E-state index contributed by atoms with van der Waals surface area (Å²) in [5.41, 5.74) is 4.12. The van der Waals surface area contributed by atoms with Crippen LogP contribution in [0.4, 0.5) is 0 Å². The Hall–Kier alpha value is -4.72. The maximum absolute atomic E-state index is 11.1. The highest BCUT2D eigenvalue weighted by Crippen LogP contribution is 2.54. The minimum Gasteiger partial charge on any atom is -0.508 e. The molecule has 2 heterocycles. The lowest BCUT2D eigenvalue weighted by atomic mass is 9.71. The maximum Gasteiger partial charge on any atom is 0.126 e. The monoisotopic (exact) mass is 542 g/mol. The molecule has 0 aliphatic carbocycles. The van der Waals surface area contributed by atoms with Gasteiger partial charge in [0.15, 0.2) is 0 Å². The third-order valence-corrected chi connectivity index (χ3v) is 7.88. The van der Waals surface area contributed by atoms with Gasteiger partial charge in [-0.3, -0.25) is 0 Å². The molecule has 8 nitrogen and oxygen atoms in total. The summed E-state index contributed by atoms with van der Waals surface area (Å²) in [6.45, 7) is 0.563. The quantitative estimate of drug-likeness (QED) is 0.259. The zero-order valence-electron chi connectivity index (χ0n) is 22.1. The van der Waals surface area contributed by atoms with E-state index in [2.05, 4.69) is 0 Å². The summed E-state index contributed by atoms with van der Waals surface area (Å²) in [4.78, 5) is 0. The van der Waals surface area contributed by atoms with E-state index in [0.29, 0.717) is 41.6 Å². The summed E-state index contributed by atoms with van der Waals surface area (Å²) in [6, 6.07) is 18.7. The predicted molar refractivity (Wildman–Crippen MR) is 148 cm³/mol. The van der Waals surface area contributed by atoms with Gasteiger partial charge in [0.25, 0.3) is 0 Å². The number of phenols is 4. The average Bonchev–Trinajstić information content (AvgIpc) is 2.96. The van der Waals surface area contributed by atoms with Crippen molar-refractivity contribution in [3.05, 3.63) is 94.5 Å². The van der Waals surface area contributed by atoms with Crippen molar-refractivity contribution >= 4 is 0 Å². The van der Waals surface area contributed by atoms with Crippen LogP contribution in [0, 0.1) is 0 Å². The van der Waals surface area contributed by atoms with Crippen LogP contribution in [0.3, 0.4) is 0 Å². The smallest absolute Gasteiger partial charge is 0.126 e. The van der Waals surface area contributed by atoms with Crippen LogP contribution in [-0.4, -0.2) is 47.9 Å². The molecule has 4 N–H and O–H groups in total. The van der Waals surface area contributed by atoms with E-state index in [0.717, 1.165) is 22.3 Å². The number of phenolic OH excluding ortho intramolecular Hbond substituents is 4. The van der Waals surface area contributed by atoms with Crippen LogP contribution in [0.25, 0.3) is 0 Å². The summed E-state index contributed by atoms with van der Waals surface area (Å²) >= 11 is 0. The number of fused-ring (bicyclic) bond motifs is 2. The van der Waals surface area contributed by atoms with Gasteiger partial charge in [-0.2, -0.15) is 0 Å². The minimum atomic E-state index is -0.365. The van der Waals surface area contributed by atoms with Gasteiger partial charge in [-0.25, -0.2) is 0 Å². The molecule has 6 rings (SSSR count). The van der Waals surface area contributed by atoms with E-state index in [1.165, 1.54) is 0 Å². The second-order valence-corrected chi connectivity index (χ2v) is 10.2. The molecule has 0 radical (unpaired) electrons. The zero-order chi connectivity index (χ0) is 28.0. The highest BCUT2D eigenvalue weighted by Gasteiger charge is 2.40. The number of ether oxygens (including phenoxy) is 4. The molecule has 0 bridgehead atoms. The molecule has 4 aromatic rings. The molecule has 0 amide bonds. The van der Waals surface area contributed by atoms with E-state index in [9.17, 15) is 20.4 Å². The van der Waals surface area contributed by atoms with Gasteiger partial charge in [-0.1, -0.05) is 18.2 Å². The van der Waals surface area contributed by atoms with Crippen molar-refractivity contribution in [1.82, 2.24) is 0 Å². The minimum absolute atomic E-state index is 0.0638. The molecular weight excluding hydrogens is 512 g/mol. The topological polar surface area (TPSA) is 118 Å². The summed E-state index contributed by atoms with van der Waals surface area (Å²) < 4.78 is 23.4. The lowest BCUT2D eigenvalue weighted by molar-refractivity contribution is 0.239. The van der Waals surface area contributed by atoms with Gasteiger partial charge >= 0.3 is 0 Å². The molecule has 206 valence electrons. The van der Waals surface area contributed by atoms with Gasteiger partial charge in [0.1, 0.15) is 46.0 Å². The number of hydrogen-bond donors (Lipinski definition) is 4. The second kappa shape index (κ2) is 10.1. The maximum atomic E-state index is 11.1. The number of methoxy groups -OCH3 is 2. The Bertz CT molecular complexity index is 1580. The normalized spacial score (nSPS) is 19.5. The molecular formula is C32H30O8. The average molecular weight is 543 g/mol. The number of rotatable bonds is 5. The van der Waals surface area contributed by atoms with Crippen molar-refractivity contribution in [3.8, 4) is 46.0 Å². The van der Waals surface area contributed by atoms with Crippen molar-refractivity contribution in [1.29, 1.82) is 0 Å². The van der Waals surface area contributed by atoms with Gasteiger partial charge < -0.3 is 39.4 Å². The molecule has 2 aliphatic rings. The van der Waals surface area contributed by atoms with E-state index < -0.39 is 0 Å². The van der Waals surface area contributed by atoms with E-state index in [-0.39, 0.29) is 47.4 Å². The molecule has 2 aliphatic heterocycles. The van der Waals surface area contributed by atoms with Crippen LogP contribution in [0.15, 0.2) is 66.7 Å². The summed E-state index contributed by atoms with van der Waals surface area (Å²) in [7, 11) is 3.11. The molecule has 4 aromatic carbocycles. The highest BCUT2D eigenvalue weighted by atomic mass is 16.5. The highest BCUT2D eigenvalue weighted by molar-refractivity contribution is 5.60. The van der Waals surface area contributed by atoms with Crippen LogP contribution in [0.5, 0.6) is 46.0 Å². The van der Waals surface area contributed by atoms with E-state index >= 15 is 0 Å². The van der Waals surface area contributed by atoms with Gasteiger partial charge in [-0.15, -0.1) is 0 Å². The van der Waals surface area contributed by atoms with Crippen molar-refractivity contribution in [2.24, 2.45) is 0 Å². The number of hydrogen-bond acceptors (Lipinski definition) is 8. The molecule has 0 fully saturated rings. The van der Waals surface area contributed by atoms with Crippen molar-refractivity contribution in [3.63, 3.8) is 0 Å². The fraction of sp³-hybridized carbons (Fsp3) is 0.250. The van der Waals surface area contributed by atoms with E-state index in [1.54, 1.807) is 62.8 Å². The van der Waals surface area contributed by atoms with Crippen LogP contribution < -0.4 is 18.9 Å². The Morgan fingerprint density at radius 3 is 2.15 bits per heavy atom. The van der Waals surface area contributed by atoms with Gasteiger partial charge in [0.2, 0.25) is 0 Å². The molecule has 0 unspecified atom stereocenters. The Balaban J connectivity index is 1.55. The summed E-state index contributed by atoms with van der Waals surface area (Å²) in [5, 5.41) is 41.9. The zero-order valence-corrected chi connectivity index (χ0v) is 22.1. The molecule has 0 saturated carbocycles. The Kier molecular flexibility index (Phi) is 6.46. The molecule has 40 heavy (non-hydrogen) atoms. The molecule has 0 spiro atoms. The predicted octanol–water partition coefficient (Wildman–Crippen LogP) is 5.55. The van der Waals surface area contributed by atoms with E-state index in [4.69, 9.17) is 18.9 Å². The van der Waals surface area contributed by atoms with Crippen LogP contribution in [0.2, 0.25) is 0 Å². The fourth-order valence-electron chi connectivity index (χ4n) is 6.02. The van der Waals surface area contributed by atoms with Crippen LogP contribution in [-0.2, 0) is 6.42 Å².